The van der Waals surface area contributed by atoms with Crippen LogP contribution in [0.5, 0.6) is 5.75 Å². The van der Waals surface area contributed by atoms with Gasteiger partial charge in [0.1, 0.15) is 5.75 Å². The molecule has 1 N–H and O–H groups in total. The van der Waals surface area contributed by atoms with E-state index in [1.54, 1.807) is 24.3 Å². The largest absolute Gasteiger partial charge is 0.484 e. The molecule has 9 heteroatoms. The fourth-order valence-corrected chi connectivity index (χ4v) is 1.98. The maximum Gasteiger partial charge on any atom is 0.377 e. The molecule has 0 saturated heterocycles. The molecule has 0 aliphatic carbocycles. The molecule has 0 unspecified atom stereocenters. The first-order valence-electron chi connectivity index (χ1n) is 5.68. The Labute approximate surface area is 129 Å². The van der Waals surface area contributed by atoms with Gasteiger partial charge in [-0.1, -0.05) is 11.6 Å². The Morgan fingerprint density at radius 3 is 2.71 bits per heavy atom. The van der Waals surface area contributed by atoms with E-state index in [-0.39, 0.29) is 17.6 Å². The summed E-state index contributed by atoms with van der Waals surface area (Å²) in [5.41, 5.74) is 0. The Morgan fingerprint density at radius 2 is 2.05 bits per heavy atom. The van der Waals surface area contributed by atoms with Crippen molar-refractivity contribution >= 4 is 40.1 Å². The van der Waals surface area contributed by atoms with Crippen molar-refractivity contribution in [2.45, 2.75) is 0 Å². The molecule has 0 bridgehead atoms. The molecule has 0 saturated carbocycles. The first kappa shape index (κ1) is 15.2. The summed E-state index contributed by atoms with van der Waals surface area (Å²) in [6.45, 7) is -0.200. The van der Waals surface area contributed by atoms with Crippen molar-refractivity contribution in [2.24, 2.45) is 0 Å². The van der Waals surface area contributed by atoms with Gasteiger partial charge in [-0.3, -0.25) is 10.1 Å². The lowest BCUT2D eigenvalue weighted by Gasteiger charge is -2.05. The van der Waals surface area contributed by atoms with Gasteiger partial charge in [0.15, 0.2) is 6.61 Å². The number of methoxy groups -OCH3 is 1. The third-order valence-corrected chi connectivity index (χ3v) is 3.11. The van der Waals surface area contributed by atoms with Gasteiger partial charge >= 0.3 is 5.97 Å². The predicted octanol–water partition coefficient (Wildman–Crippen LogP) is 2.00. The van der Waals surface area contributed by atoms with Crippen LogP contribution in [-0.2, 0) is 9.53 Å². The smallest absolute Gasteiger partial charge is 0.377 e. The standard InChI is InChI=1S/C12H10ClN3O4S/c1-19-11(18)10-15-12(21-16-10)14-9(17)6-20-8-4-2-7(13)3-5-8/h2-5H,6H2,1H3,(H,14,15,16,17). The highest BCUT2D eigenvalue weighted by atomic mass is 35.5. The molecule has 1 heterocycles. The van der Waals surface area contributed by atoms with Gasteiger partial charge in [0.2, 0.25) is 5.13 Å². The maximum atomic E-state index is 11.7. The van der Waals surface area contributed by atoms with Crippen molar-refractivity contribution in [2.75, 3.05) is 19.0 Å². The number of hydrogen-bond acceptors (Lipinski definition) is 7. The zero-order chi connectivity index (χ0) is 15.2. The Hall–Kier alpha value is -2.19. The molecule has 2 rings (SSSR count). The second-order valence-electron chi connectivity index (χ2n) is 3.71. The molecule has 0 fully saturated rings. The molecule has 0 spiro atoms. The van der Waals surface area contributed by atoms with Crippen LogP contribution in [0.1, 0.15) is 10.6 Å². The van der Waals surface area contributed by atoms with Crippen LogP contribution >= 0.6 is 23.1 Å². The SMILES string of the molecule is COC(=O)c1nsc(NC(=O)COc2ccc(Cl)cc2)n1. The summed E-state index contributed by atoms with van der Waals surface area (Å²) in [6.07, 6.45) is 0. The van der Waals surface area contributed by atoms with Crippen molar-refractivity contribution in [3.05, 3.63) is 35.1 Å². The van der Waals surface area contributed by atoms with E-state index in [9.17, 15) is 9.59 Å². The van der Waals surface area contributed by atoms with Gasteiger partial charge < -0.3 is 9.47 Å². The molecule has 110 valence electrons. The van der Waals surface area contributed by atoms with Crippen molar-refractivity contribution in [3.8, 4) is 5.75 Å². The highest BCUT2D eigenvalue weighted by Gasteiger charge is 2.14. The highest BCUT2D eigenvalue weighted by Crippen LogP contribution is 2.16. The van der Waals surface area contributed by atoms with E-state index < -0.39 is 11.9 Å². The summed E-state index contributed by atoms with van der Waals surface area (Å²) >= 11 is 6.61. The number of hydrogen-bond donors (Lipinski definition) is 1. The zero-order valence-electron chi connectivity index (χ0n) is 10.8. The number of ether oxygens (including phenoxy) is 2. The van der Waals surface area contributed by atoms with Gasteiger partial charge in [-0.2, -0.15) is 9.36 Å². The van der Waals surface area contributed by atoms with Gasteiger partial charge in [0.05, 0.1) is 7.11 Å². The van der Waals surface area contributed by atoms with E-state index in [1.165, 1.54) is 7.11 Å². The molecular formula is C12H10ClN3O4S. The molecule has 21 heavy (non-hydrogen) atoms. The van der Waals surface area contributed by atoms with Crippen LogP contribution in [0.3, 0.4) is 0 Å². The number of rotatable bonds is 5. The molecule has 2 aromatic rings. The number of carbonyl (C=O) groups excluding carboxylic acids is 2. The van der Waals surface area contributed by atoms with E-state index in [2.05, 4.69) is 19.4 Å². The van der Waals surface area contributed by atoms with E-state index >= 15 is 0 Å². The summed E-state index contributed by atoms with van der Waals surface area (Å²) in [5, 5.41) is 3.24. The number of halogens is 1. The third-order valence-electron chi connectivity index (χ3n) is 2.22. The van der Waals surface area contributed by atoms with Crippen LogP contribution in [0.25, 0.3) is 0 Å². The second-order valence-corrected chi connectivity index (χ2v) is 4.89. The number of benzene rings is 1. The van der Waals surface area contributed by atoms with Gasteiger partial charge in [0, 0.05) is 16.6 Å². The zero-order valence-corrected chi connectivity index (χ0v) is 12.4. The molecule has 1 aromatic heterocycles. The predicted molar refractivity (Wildman–Crippen MR) is 76.8 cm³/mol. The molecule has 0 aliphatic heterocycles. The van der Waals surface area contributed by atoms with Crippen molar-refractivity contribution in [1.29, 1.82) is 0 Å². The first-order valence-corrected chi connectivity index (χ1v) is 6.84. The number of carbonyl (C=O) groups is 2. The third kappa shape index (κ3) is 4.40. The van der Waals surface area contributed by atoms with Crippen LogP contribution < -0.4 is 10.1 Å². The quantitative estimate of drug-likeness (QED) is 0.845. The molecule has 1 amide bonds. The topological polar surface area (TPSA) is 90.4 Å². The Bertz CT molecular complexity index is 644. The molecule has 1 aromatic carbocycles. The number of anilines is 1. The number of esters is 1. The Balaban J connectivity index is 1.85. The monoisotopic (exact) mass is 327 g/mol. The second kappa shape index (κ2) is 7.00. The minimum atomic E-state index is -0.663. The fourth-order valence-electron chi connectivity index (χ4n) is 1.28. The lowest BCUT2D eigenvalue weighted by Crippen LogP contribution is -2.20. The van der Waals surface area contributed by atoms with Gasteiger partial charge in [-0.15, -0.1) is 0 Å². The summed E-state index contributed by atoms with van der Waals surface area (Å²) < 4.78 is 13.5. The van der Waals surface area contributed by atoms with Crippen LogP contribution in [0.15, 0.2) is 24.3 Å². The first-order chi connectivity index (χ1) is 10.1. The van der Waals surface area contributed by atoms with E-state index in [0.717, 1.165) is 11.5 Å². The van der Waals surface area contributed by atoms with Crippen LogP contribution in [-0.4, -0.2) is 35.0 Å². The van der Waals surface area contributed by atoms with Gasteiger partial charge in [-0.05, 0) is 24.3 Å². The molecular weight excluding hydrogens is 318 g/mol. The van der Waals surface area contributed by atoms with Gasteiger partial charge in [-0.25, -0.2) is 4.79 Å². The minimum absolute atomic E-state index is 0.101. The van der Waals surface area contributed by atoms with Crippen molar-refractivity contribution < 1.29 is 19.1 Å². The average molecular weight is 328 g/mol. The summed E-state index contributed by atoms with van der Waals surface area (Å²) in [7, 11) is 1.22. The summed E-state index contributed by atoms with van der Waals surface area (Å²) in [5.74, 6) is -0.667. The highest BCUT2D eigenvalue weighted by molar-refractivity contribution is 7.10. The van der Waals surface area contributed by atoms with Crippen LogP contribution in [0.2, 0.25) is 5.02 Å². The Kier molecular flexibility index (Phi) is 5.07. The van der Waals surface area contributed by atoms with E-state index in [4.69, 9.17) is 16.3 Å². The molecule has 0 aliphatic rings. The van der Waals surface area contributed by atoms with E-state index in [1.807, 2.05) is 0 Å². The van der Waals surface area contributed by atoms with Gasteiger partial charge in [0.25, 0.3) is 11.7 Å². The number of nitrogens with zero attached hydrogens (tertiary/aromatic N) is 2. The molecule has 7 nitrogen and oxygen atoms in total. The van der Waals surface area contributed by atoms with Crippen LogP contribution in [0, 0.1) is 0 Å². The van der Waals surface area contributed by atoms with E-state index in [0.29, 0.717) is 10.8 Å². The molecule has 0 radical (unpaired) electrons. The Morgan fingerprint density at radius 1 is 1.33 bits per heavy atom. The fraction of sp³-hybridized carbons (Fsp3) is 0.167. The number of aromatic nitrogens is 2. The summed E-state index contributed by atoms with van der Waals surface area (Å²) in [6, 6.07) is 6.61. The van der Waals surface area contributed by atoms with Crippen molar-refractivity contribution in [1.82, 2.24) is 9.36 Å². The normalized spacial score (nSPS) is 10.0. The minimum Gasteiger partial charge on any atom is -0.484 e. The lowest BCUT2D eigenvalue weighted by atomic mass is 10.3. The lowest BCUT2D eigenvalue weighted by molar-refractivity contribution is -0.118. The summed E-state index contributed by atoms with van der Waals surface area (Å²) in [4.78, 5) is 26.6. The van der Waals surface area contributed by atoms with Crippen LogP contribution in [0.4, 0.5) is 5.13 Å². The average Bonchev–Trinajstić information content (AvgIpc) is 2.94. The number of amides is 1. The number of nitrogens with one attached hydrogen (secondary N) is 1. The van der Waals surface area contributed by atoms with Crippen molar-refractivity contribution in [3.63, 3.8) is 0 Å². The molecule has 0 atom stereocenters. The maximum absolute atomic E-state index is 11.7.